The van der Waals surface area contributed by atoms with Crippen molar-refractivity contribution in [3.8, 4) is 0 Å². The summed E-state index contributed by atoms with van der Waals surface area (Å²) in [5.74, 6) is 0. The highest BCUT2D eigenvalue weighted by Crippen LogP contribution is 2.04. The van der Waals surface area contributed by atoms with Crippen molar-refractivity contribution in [2.75, 3.05) is 0 Å². The number of halogens is 1. The van der Waals surface area contributed by atoms with Crippen molar-refractivity contribution in [1.82, 2.24) is 0 Å². The topological polar surface area (TPSA) is 27.7 Å². The second kappa shape index (κ2) is 8.54. The van der Waals surface area contributed by atoms with E-state index in [9.17, 15) is 0 Å². The molecule has 86 valence electrons. The highest BCUT2D eigenvalue weighted by atomic mass is 35.5. The smallest absolute Gasteiger partial charge is 0.384 e. The van der Waals surface area contributed by atoms with E-state index in [-0.39, 0.29) is 30.7 Å². The van der Waals surface area contributed by atoms with E-state index in [2.05, 4.69) is 0 Å². The molecule has 0 aromatic rings. The average Bonchev–Trinajstić information content (AvgIpc) is 1.80. The fourth-order valence-electron chi connectivity index (χ4n) is 0.763. The molecule has 0 aromatic heterocycles. The van der Waals surface area contributed by atoms with Gasteiger partial charge in [0.25, 0.3) is 0 Å². The zero-order valence-electron chi connectivity index (χ0n) is 9.94. The molecule has 0 saturated heterocycles. The molecule has 0 amide bonds. The molecule has 5 heteroatoms. The Morgan fingerprint density at radius 2 is 0.857 bits per heavy atom. The molecular weight excluding hydrogens is 202 g/mol. The van der Waals surface area contributed by atoms with E-state index < -0.39 is 7.32 Å². The predicted molar refractivity (Wildman–Crippen MR) is 61.7 cm³/mol. The molecule has 0 atom stereocenters. The second-order valence-electron chi connectivity index (χ2n) is 3.84. The van der Waals surface area contributed by atoms with Crippen LogP contribution in [-0.4, -0.2) is 25.6 Å². The van der Waals surface area contributed by atoms with Gasteiger partial charge in [-0.25, -0.2) is 0 Å². The highest BCUT2D eigenvalue weighted by molar-refractivity contribution is 6.36. The van der Waals surface area contributed by atoms with Gasteiger partial charge in [0.1, 0.15) is 0 Å². The molecule has 0 bridgehead atoms. The molecule has 0 heterocycles. The molecule has 0 radical (unpaired) electrons. The lowest BCUT2D eigenvalue weighted by atomic mass is 10.2. The van der Waals surface area contributed by atoms with E-state index in [1.54, 1.807) is 0 Å². The van der Waals surface area contributed by atoms with Crippen LogP contribution in [0.25, 0.3) is 0 Å². The van der Waals surface area contributed by atoms with Gasteiger partial charge in [-0.05, 0) is 41.5 Å². The zero-order valence-corrected chi connectivity index (χ0v) is 10.8. The van der Waals surface area contributed by atoms with E-state index in [0.29, 0.717) is 0 Å². The van der Waals surface area contributed by atoms with Crippen LogP contribution < -0.4 is 0 Å². The summed E-state index contributed by atoms with van der Waals surface area (Å²) in [5, 5.41) is 0. The van der Waals surface area contributed by atoms with Crippen molar-refractivity contribution in [2.45, 2.75) is 59.9 Å². The van der Waals surface area contributed by atoms with Gasteiger partial charge in [-0.2, -0.15) is 0 Å². The lowest BCUT2D eigenvalue weighted by molar-refractivity contribution is 0.0335. The van der Waals surface area contributed by atoms with Crippen molar-refractivity contribution in [3.05, 3.63) is 0 Å². The van der Waals surface area contributed by atoms with Crippen LogP contribution >= 0.6 is 12.4 Å². The molecular formula is C9H22BClO3. The van der Waals surface area contributed by atoms with E-state index in [0.717, 1.165) is 0 Å². The average molecular weight is 225 g/mol. The first-order valence-corrected chi connectivity index (χ1v) is 4.88. The standard InChI is InChI=1S/C9H21BO3.ClH/c1-7(2)11-10(12-8(3)4)13-9(5)6;/h7-9H,1-6H3;1H. The largest absolute Gasteiger partial charge is 0.639 e. The third kappa shape index (κ3) is 10.3. The Morgan fingerprint density at radius 3 is 1.00 bits per heavy atom. The molecule has 0 aliphatic carbocycles. The Hall–Kier alpha value is 0.235. The van der Waals surface area contributed by atoms with Crippen molar-refractivity contribution >= 4 is 19.7 Å². The monoisotopic (exact) mass is 224 g/mol. The summed E-state index contributed by atoms with van der Waals surface area (Å²) in [6.45, 7) is 11.8. The van der Waals surface area contributed by atoms with Crippen LogP contribution in [-0.2, 0) is 14.0 Å². The van der Waals surface area contributed by atoms with Crippen LogP contribution in [0.2, 0.25) is 0 Å². The fourth-order valence-corrected chi connectivity index (χ4v) is 0.763. The SMILES string of the molecule is CC(C)OB(OC(C)C)OC(C)C.Cl. The van der Waals surface area contributed by atoms with Crippen LogP contribution in [0.1, 0.15) is 41.5 Å². The van der Waals surface area contributed by atoms with Crippen LogP contribution in [0.5, 0.6) is 0 Å². The fraction of sp³-hybridized carbons (Fsp3) is 1.00. The summed E-state index contributed by atoms with van der Waals surface area (Å²) in [4.78, 5) is 0. The summed E-state index contributed by atoms with van der Waals surface area (Å²) in [6.07, 6.45) is 0.340. The number of hydrogen-bond acceptors (Lipinski definition) is 3. The molecule has 3 nitrogen and oxygen atoms in total. The van der Waals surface area contributed by atoms with Gasteiger partial charge in [0.2, 0.25) is 0 Å². The molecule has 0 N–H and O–H groups in total. The van der Waals surface area contributed by atoms with Gasteiger partial charge in [0, 0.05) is 18.3 Å². The number of hydrogen-bond donors (Lipinski definition) is 0. The van der Waals surface area contributed by atoms with Gasteiger partial charge in [-0.3, -0.25) is 0 Å². The van der Waals surface area contributed by atoms with Gasteiger partial charge in [-0.1, -0.05) is 0 Å². The van der Waals surface area contributed by atoms with E-state index in [1.807, 2.05) is 41.5 Å². The zero-order chi connectivity index (χ0) is 10.4. The maximum atomic E-state index is 5.43. The Morgan fingerprint density at radius 1 is 0.643 bits per heavy atom. The van der Waals surface area contributed by atoms with Gasteiger partial charge in [0.15, 0.2) is 0 Å². The van der Waals surface area contributed by atoms with Gasteiger partial charge >= 0.3 is 7.32 Å². The lowest BCUT2D eigenvalue weighted by Crippen LogP contribution is -2.34. The maximum Gasteiger partial charge on any atom is 0.639 e. The van der Waals surface area contributed by atoms with Crippen molar-refractivity contribution in [1.29, 1.82) is 0 Å². The normalized spacial score (nSPS) is 10.9. The van der Waals surface area contributed by atoms with E-state index >= 15 is 0 Å². The van der Waals surface area contributed by atoms with Crippen molar-refractivity contribution in [3.63, 3.8) is 0 Å². The van der Waals surface area contributed by atoms with Gasteiger partial charge < -0.3 is 14.0 Å². The minimum Gasteiger partial charge on any atom is -0.384 e. The first-order chi connectivity index (χ1) is 5.91. The molecule has 0 unspecified atom stereocenters. The Kier molecular flexibility index (Phi) is 10.2. The third-order valence-electron chi connectivity index (χ3n) is 1.15. The summed E-state index contributed by atoms with van der Waals surface area (Å²) in [7, 11) is -0.542. The first-order valence-electron chi connectivity index (χ1n) is 4.88. The predicted octanol–water partition coefficient (Wildman–Crippen LogP) is 2.67. The van der Waals surface area contributed by atoms with Gasteiger partial charge in [-0.15, -0.1) is 12.4 Å². The molecule has 0 aromatic carbocycles. The molecule has 0 aliphatic heterocycles. The summed E-state index contributed by atoms with van der Waals surface area (Å²) in [5.41, 5.74) is 0. The Labute approximate surface area is 94.1 Å². The van der Waals surface area contributed by atoms with Crippen LogP contribution in [0.4, 0.5) is 0 Å². The second-order valence-corrected chi connectivity index (χ2v) is 3.84. The Balaban J connectivity index is 0. The highest BCUT2D eigenvalue weighted by Gasteiger charge is 2.25. The maximum absolute atomic E-state index is 5.43. The van der Waals surface area contributed by atoms with Crippen LogP contribution in [0.3, 0.4) is 0 Å². The molecule has 0 saturated carbocycles. The molecule has 0 spiro atoms. The minimum absolute atomic E-state index is 0. The summed E-state index contributed by atoms with van der Waals surface area (Å²) >= 11 is 0. The first kappa shape index (κ1) is 16.7. The summed E-state index contributed by atoms with van der Waals surface area (Å²) in [6, 6.07) is 0. The Bertz CT molecular complexity index is 107. The quantitative estimate of drug-likeness (QED) is 0.649. The molecule has 0 rings (SSSR count). The molecule has 0 aliphatic rings. The van der Waals surface area contributed by atoms with Crippen molar-refractivity contribution < 1.29 is 14.0 Å². The molecule has 14 heavy (non-hydrogen) atoms. The van der Waals surface area contributed by atoms with Crippen LogP contribution in [0, 0.1) is 0 Å². The van der Waals surface area contributed by atoms with Crippen LogP contribution in [0.15, 0.2) is 0 Å². The van der Waals surface area contributed by atoms with Gasteiger partial charge in [0.05, 0.1) is 0 Å². The molecule has 0 fully saturated rings. The minimum atomic E-state index is -0.542. The van der Waals surface area contributed by atoms with E-state index in [4.69, 9.17) is 14.0 Å². The third-order valence-corrected chi connectivity index (χ3v) is 1.15. The summed E-state index contributed by atoms with van der Waals surface area (Å²) < 4.78 is 16.3. The van der Waals surface area contributed by atoms with Crippen molar-refractivity contribution in [2.24, 2.45) is 0 Å². The lowest BCUT2D eigenvalue weighted by Gasteiger charge is -2.20. The van der Waals surface area contributed by atoms with E-state index in [1.165, 1.54) is 0 Å². The number of rotatable bonds is 6.